The second kappa shape index (κ2) is 6.62. The molecule has 0 aliphatic heterocycles. The van der Waals surface area contributed by atoms with Gasteiger partial charge in [-0.2, -0.15) is 5.10 Å². The lowest BCUT2D eigenvalue weighted by atomic mass is 9.82. The van der Waals surface area contributed by atoms with Gasteiger partial charge in [0.25, 0.3) is 5.91 Å². The third kappa shape index (κ3) is 3.27. The lowest BCUT2D eigenvalue weighted by Crippen LogP contribution is -2.43. The van der Waals surface area contributed by atoms with Crippen molar-refractivity contribution >= 4 is 5.91 Å². The van der Waals surface area contributed by atoms with Crippen LogP contribution >= 0.6 is 0 Å². The van der Waals surface area contributed by atoms with Crippen molar-refractivity contribution in [1.29, 1.82) is 0 Å². The number of carbonyl (C=O) groups excluding carboxylic acids is 1. The summed E-state index contributed by atoms with van der Waals surface area (Å²) < 4.78 is 15.9. The quantitative estimate of drug-likeness (QED) is 0.878. The summed E-state index contributed by atoms with van der Waals surface area (Å²) in [6.07, 6.45) is 5.78. The number of hydrogen-bond acceptors (Lipinski definition) is 3. The Balaban J connectivity index is 1.72. The van der Waals surface area contributed by atoms with Crippen LogP contribution < -0.4 is 11.0 Å². The Kier molecular flexibility index (Phi) is 4.55. The number of H-pyrrole nitrogens is 1. The minimum atomic E-state index is -0.455. The molecule has 0 bridgehead atoms. The summed E-state index contributed by atoms with van der Waals surface area (Å²) in [6.45, 7) is 0. The minimum Gasteiger partial charge on any atom is -0.355 e. The first-order chi connectivity index (χ1) is 11.5. The van der Waals surface area contributed by atoms with Gasteiger partial charge >= 0.3 is 5.69 Å². The predicted molar refractivity (Wildman–Crippen MR) is 86.1 cm³/mol. The first-order valence-electron chi connectivity index (χ1n) is 8.19. The number of aromatic nitrogens is 4. The third-order valence-corrected chi connectivity index (χ3v) is 4.78. The molecule has 1 amide bonds. The first kappa shape index (κ1) is 16.5. The molecule has 0 saturated heterocycles. The van der Waals surface area contributed by atoms with Crippen LogP contribution in [0.2, 0.25) is 0 Å². The maximum Gasteiger partial charge on any atom is 0.345 e. The normalized spacial score (nSPS) is 21.0. The molecule has 0 spiro atoms. The van der Waals surface area contributed by atoms with Crippen LogP contribution in [0.5, 0.6) is 0 Å². The van der Waals surface area contributed by atoms with Gasteiger partial charge in [-0.05, 0) is 18.8 Å². The van der Waals surface area contributed by atoms with Gasteiger partial charge in [0.1, 0.15) is 17.3 Å². The lowest BCUT2D eigenvalue weighted by Gasteiger charge is -2.31. The van der Waals surface area contributed by atoms with Gasteiger partial charge in [0.15, 0.2) is 0 Å². The van der Waals surface area contributed by atoms with Gasteiger partial charge in [0.05, 0.1) is 0 Å². The van der Waals surface area contributed by atoms with Gasteiger partial charge < -0.3 is 10.3 Å². The SMILES string of the molecule is Cn1nc(C[C@H]2CCCC[C@H]2NC(=O)c2cc(F)c[nH]2)n(C)c1=O. The van der Waals surface area contributed by atoms with Crippen LogP contribution in [-0.2, 0) is 20.5 Å². The molecule has 0 radical (unpaired) electrons. The van der Waals surface area contributed by atoms with E-state index in [1.165, 1.54) is 10.7 Å². The zero-order chi connectivity index (χ0) is 17.3. The second-order valence-corrected chi connectivity index (χ2v) is 6.44. The summed E-state index contributed by atoms with van der Waals surface area (Å²) in [7, 11) is 3.34. The Hall–Kier alpha value is -2.38. The highest BCUT2D eigenvalue weighted by atomic mass is 19.1. The van der Waals surface area contributed by atoms with E-state index in [2.05, 4.69) is 15.4 Å². The molecule has 1 fully saturated rings. The standard InChI is InChI=1S/C16H22FN5O2/c1-21-14(20-22(2)16(21)24)7-10-5-3-4-6-12(10)19-15(23)13-8-11(17)9-18-13/h8-10,12,18H,3-7H2,1-2H3,(H,19,23)/t10-,12-/m1/s1. The number of aromatic amines is 1. The first-order valence-corrected chi connectivity index (χ1v) is 8.19. The average Bonchev–Trinajstić information content (AvgIpc) is 3.09. The summed E-state index contributed by atoms with van der Waals surface area (Å²) in [6, 6.07) is 1.19. The van der Waals surface area contributed by atoms with Crippen LogP contribution in [0.15, 0.2) is 17.1 Å². The van der Waals surface area contributed by atoms with Crippen LogP contribution in [-0.4, -0.2) is 31.3 Å². The Morgan fingerprint density at radius 2 is 2.17 bits per heavy atom. The zero-order valence-corrected chi connectivity index (χ0v) is 13.9. The van der Waals surface area contributed by atoms with E-state index < -0.39 is 5.82 Å². The fraction of sp³-hybridized carbons (Fsp3) is 0.562. The number of nitrogens with one attached hydrogen (secondary N) is 2. The maximum atomic E-state index is 13.1. The van der Waals surface area contributed by atoms with E-state index in [0.717, 1.165) is 37.7 Å². The molecule has 0 aromatic carbocycles. The molecule has 2 atom stereocenters. The molecule has 1 aliphatic carbocycles. The largest absolute Gasteiger partial charge is 0.355 e. The van der Waals surface area contributed by atoms with Crippen molar-refractivity contribution in [3.05, 3.63) is 40.1 Å². The van der Waals surface area contributed by atoms with E-state index in [-0.39, 0.29) is 29.3 Å². The number of amides is 1. The minimum absolute atomic E-state index is 0.00489. The maximum absolute atomic E-state index is 13.1. The van der Waals surface area contributed by atoms with Crippen LogP contribution in [0.4, 0.5) is 4.39 Å². The van der Waals surface area contributed by atoms with E-state index in [4.69, 9.17) is 0 Å². The van der Waals surface area contributed by atoms with Crippen molar-refractivity contribution in [3.63, 3.8) is 0 Å². The molecule has 0 unspecified atom stereocenters. The van der Waals surface area contributed by atoms with Crippen molar-refractivity contribution in [3.8, 4) is 0 Å². The molecule has 130 valence electrons. The average molecular weight is 335 g/mol. The Labute approximate surface area is 138 Å². The molecule has 7 nitrogen and oxygen atoms in total. The van der Waals surface area contributed by atoms with Gasteiger partial charge in [0.2, 0.25) is 0 Å². The third-order valence-electron chi connectivity index (χ3n) is 4.78. The zero-order valence-electron chi connectivity index (χ0n) is 13.9. The van der Waals surface area contributed by atoms with E-state index in [0.29, 0.717) is 6.42 Å². The molecule has 2 N–H and O–H groups in total. The number of aryl methyl sites for hydroxylation is 1. The van der Waals surface area contributed by atoms with Crippen LogP contribution in [0, 0.1) is 11.7 Å². The molecule has 2 heterocycles. The molecule has 3 rings (SSSR count). The fourth-order valence-corrected chi connectivity index (χ4v) is 3.41. The number of carbonyl (C=O) groups is 1. The van der Waals surface area contributed by atoms with Crippen LogP contribution in [0.3, 0.4) is 0 Å². The fourth-order valence-electron chi connectivity index (χ4n) is 3.41. The summed E-state index contributed by atoms with van der Waals surface area (Å²) in [5.41, 5.74) is 0.0744. The Bertz CT molecular complexity index is 791. The van der Waals surface area contributed by atoms with Crippen molar-refractivity contribution in [2.75, 3.05) is 0 Å². The van der Waals surface area contributed by atoms with Crippen molar-refractivity contribution in [2.45, 2.75) is 38.1 Å². The van der Waals surface area contributed by atoms with E-state index in [1.807, 2.05) is 0 Å². The molecule has 1 saturated carbocycles. The van der Waals surface area contributed by atoms with Gasteiger partial charge in [-0.1, -0.05) is 12.8 Å². The van der Waals surface area contributed by atoms with E-state index in [9.17, 15) is 14.0 Å². The topological polar surface area (TPSA) is 84.7 Å². The number of halogens is 1. The van der Waals surface area contributed by atoms with Crippen molar-refractivity contribution < 1.29 is 9.18 Å². The number of rotatable bonds is 4. The number of hydrogen-bond donors (Lipinski definition) is 2. The second-order valence-electron chi connectivity index (χ2n) is 6.44. The Morgan fingerprint density at radius 3 is 2.79 bits per heavy atom. The van der Waals surface area contributed by atoms with Gasteiger partial charge in [-0.15, -0.1) is 0 Å². The van der Waals surface area contributed by atoms with Crippen molar-refractivity contribution in [1.82, 2.24) is 24.6 Å². The van der Waals surface area contributed by atoms with Crippen LogP contribution in [0.25, 0.3) is 0 Å². The highest BCUT2D eigenvalue weighted by Gasteiger charge is 2.29. The Morgan fingerprint density at radius 1 is 1.42 bits per heavy atom. The molecular weight excluding hydrogens is 313 g/mol. The predicted octanol–water partition coefficient (Wildman–Crippen LogP) is 1.12. The number of nitrogens with zero attached hydrogens (tertiary/aromatic N) is 3. The van der Waals surface area contributed by atoms with E-state index >= 15 is 0 Å². The monoisotopic (exact) mass is 335 g/mol. The smallest absolute Gasteiger partial charge is 0.345 e. The summed E-state index contributed by atoms with van der Waals surface area (Å²) in [5, 5.41) is 7.28. The molecule has 24 heavy (non-hydrogen) atoms. The molecule has 2 aromatic rings. The summed E-state index contributed by atoms with van der Waals surface area (Å²) >= 11 is 0. The highest BCUT2D eigenvalue weighted by molar-refractivity contribution is 5.92. The molecular formula is C16H22FN5O2. The van der Waals surface area contributed by atoms with Gasteiger partial charge in [-0.25, -0.2) is 13.9 Å². The summed E-state index contributed by atoms with van der Waals surface area (Å²) in [5.74, 6) is 0.178. The summed E-state index contributed by atoms with van der Waals surface area (Å²) in [4.78, 5) is 26.7. The highest BCUT2D eigenvalue weighted by Crippen LogP contribution is 2.27. The molecule has 8 heteroatoms. The van der Waals surface area contributed by atoms with Gasteiger partial charge in [0, 0.05) is 38.8 Å². The van der Waals surface area contributed by atoms with Crippen LogP contribution in [0.1, 0.15) is 42.0 Å². The van der Waals surface area contributed by atoms with Gasteiger partial charge in [-0.3, -0.25) is 9.36 Å². The molecule has 1 aliphatic rings. The lowest BCUT2D eigenvalue weighted by molar-refractivity contribution is 0.0900. The van der Waals surface area contributed by atoms with E-state index in [1.54, 1.807) is 18.7 Å². The van der Waals surface area contributed by atoms with Crippen molar-refractivity contribution in [2.24, 2.45) is 20.0 Å². The molecule has 2 aromatic heterocycles.